The number of carbonyl (C=O) groups excluding carboxylic acids is 2. The molecule has 0 saturated heterocycles. The fourth-order valence-electron chi connectivity index (χ4n) is 9.69. The maximum absolute atomic E-state index is 12.5. The summed E-state index contributed by atoms with van der Waals surface area (Å²) in [6.45, 7) is 4.90. The quantitative estimate of drug-likeness (QED) is 0.0321. The molecule has 6 nitrogen and oxygen atoms in total. The van der Waals surface area contributed by atoms with E-state index in [0.717, 1.165) is 44.9 Å². The molecule has 0 aliphatic carbocycles. The van der Waals surface area contributed by atoms with Crippen LogP contribution in [0.4, 0.5) is 0 Å². The van der Waals surface area contributed by atoms with Crippen molar-refractivity contribution in [3.8, 4) is 0 Å². The van der Waals surface area contributed by atoms with Crippen molar-refractivity contribution in [2.45, 2.75) is 353 Å². The van der Waals surface area contributed by atoms with Crippen LogP contribution < -0.4 is 5.32 Å². The Morgan fingerprint density at radius 2 is 0.681 bits per heavy atom. The van der Waals surface area contributed by atoms with Gasteiger partial charge in [-0.1, -0.05) is 295 Å². The average molecular weight is 973 g/mol. The lowest BCUT2D eigenvalue weighted by atomic mass is 10.0. The zero-order valence-corrected chi connectivity index (χ0v) is 46.6. The molecular weight excluding hydrogens is 851 g/mol. The highest BCUT2D eigenvalue weighted by Crippen LogP contribution is 2.18. The van der Waals surface area contributed by atoms with E-state index in [9.17, 15) is 19.8 Å². The normalized spacial score (nSPS) is 12.7. The number of allylic oxidation sites excluding steroid dienone is 3. The lowest BCUT2D eigenvalue weighted by Gasteiger charge is -2.20. The van der Waals surface area contributed by atoms with Crippen molar-refractivity contribution in [3.05, 3.63) is 24.3 Å². The van der Waals surface area contributed by atoms with Crippen molar-refractivity contribution < 1.29 is 24.5 Å². The molecule has 0 bridgehead atoms. The summed E-state index contributed by atoms with van der Waals surface area (Å²) in [5.74, 6) is -0.0745. The summed E-state index contributed by atoms with van der Waals surface area (Å²) in [6.07, 6.45) is 72.1. The second-order valence-corrected chi connectivity index (χ2v) is 21.4. The smallest absolute Gasteiger partial charge is 0.305 e. The molecule has 2 unspecified atom stereocenters. The molecule has 3 N–H and O–H groups in total. The van der Waals surface area contributed by atoms with Crippen LogP contribution in [0, 0.1) is 0 Å². The number of ether oxygens (including phenoxy) is 1. The zero-order chi connectivity index (χ0) is 50.0. The Labute approximate surface area is 431 Å². The molecule has 0 aromatic rings. The summed E-state index contributed by atoms with van der Waals surface area (Å²) in [5.41, 5.74) is 0. The van der Waals surface area contributed by atoms with Crippen LogP contribution in [0.5, 0.6) is 0 Å². The average Bonchev–Trinajstić information content (AvgIpc) is 3.35. The van der Waals surface area contributed by atoms with Crippen molar-refractivity contribution >= 4 is 11.9 Å². The van der Waals surface area contributed by atoms with Gasteiger partial charge in [0.15, 0.2) is 0 Å². The van der Waals surface area contributed by atoms with Gasteiger partial charge in [0, 0.05) is 12.8 Å². The van der Waals surface area contributed by atoms with Crippen molar-refractivity contribution in [1.82, 2.24) is 5.32 Å². The molecule has 0 saturated carbocycles. The van der Waals surface area contributed by atoms with Gasteiger partial charge < -0.3 is 20.3 Å². The summed E-state index contributed by atoms with van der Waals surface area (Å²) in [6, 6.07) is -0.633. The third-order valence-corrected chi connectivity index (χ3v) is 14.5. The maximum Gasteiger partial charge on any atom is 0.305 e. The Hall–Kier alpha value is -1.66. The number of hydrogen-bond acceptors (Lipinski definition) is 5. The first-order chi connectivity index (χ1) is 34.0. The first-order valence-corrected chi connectivity index (χ1v) is 31.1. The molecule has 0 aromatic heterocycles. The predicted molar refractivity (Wildman–Crippen MR) is 301 cm³/mol. The van der Waals surface area contributed by atoms with E-state index in [-0.39, 0.29) is 18.5 Å². The summed E-state index contributed by atoms with van der Waals surface area (Å²) in [7, 11) is 0. The molecule has 69 heavy (non-hydrogen) atoms. The van der Waals surface area contributed by atoms with Crippen LogP contribution in [0.1, 0.15) is 341 Å². The minimum Gasteiger partial charge on any atom is -0.466 e. The Kier molecular flexibility index (Phi) is 57.5. The minimum atomic E-state index is -0.849. The lowest BCUT2D eigenvalue weighted by Crippen LogP contribution is -2.45. The van der Waals surface area contributed by atoms with Crippen molar-refractivity contribution in [2.75, 3.05) is 13.2 Å². The van der Waals surface area contributed by atoms with Crippen LogP contribution in [-0.4, -0.2) is 47.4 Å². The van der Waals surface area contributed by atoms with Gasteiger partial charge in [-0.3, -0.25) is 9.59 Å². The van der Waals surface area contributed by atoms with E-state index in [2.05, 4.69) is 31.3 Å². The van der Waals surface area contributed by atoms with Gasteiger partial charge in [-0.25, -0.2) is 0 Å². The molecule has 0 radical (unpaired) electrons. The van der Waals surface area contributed by atoms with Gasteiger partial charge in [-0.15, -0.1) is 0 Å². The van der Waals surface area contributed by atoms with E-state index in [0.29, 0.717) is 19.4 Å². The number of amides is 1. The molecule has 6 heteroatoms. The van der Waals surface area contributed by atoms with Gasteiger partial charge in [0.05, 0.1) is 25.4 Å². The third kappa shape index (κ3) is 55.5. The maximum atomic E-state index is 12.5. The Balaban J connectivity index is 3.45. The van der Waals surface area contributed by atoms with Gasteiger partial charge in [-0.2, -0.15) is 0 Å². The highest BCUT2D eigenvalue weighted by atomic mass is 16.5. The first kappa shape index (κ1) is 67.3. The Morgan fingerprint density at radius 1 is 0.391 bits per heavy atom. The van der Waals surface area contributed by atoms with Crippen molar-refractivity contribution in [1.29, 1.82) is 0 Å². The molecular formula is C63H121NO5. The number of carbonyl (C=O) groups is 2. The number of hydrogen-bond donors (Lipinski definition) is 3. The molecule has 0 spiro atoms. The van der Waals surface area contributed by atoms with E-state index in [1.165, 1.54) is 270 Å². The number of esters is 1. The zero-order valence-electron chi connectivity index (χ0n) is 46.6. The monoisotopic (exact) mass is 972 g/mol. The number of rotatable bonds is 58. The number of nitrogens with one attached hydrogen (secondary N) is 1. The van der Waals surface area contributed by atoms with Gasteiger partial charge >= 0.3 is 5.97 Å². The van der Waals surface area contributed by atoms with Crippen LogP contribution in [0.25, 0.3) is 0 Å². The van der Waals surface area contributed by atoms with E-state index in [4.69, 9.17) is 4.74 Å². The molecule has 2 atom stereocenters. The molecule has 408 valence electrons. The summed E-state index contributed by atoms with van der Waals surface area (Å²) >= 11 is 0. The standard InChI is InChI=1S/C63H121NO5/c1-3-5-7-9-11-13-15-17-18-19-20-21-22-23-25-28-32-35-39-43-47-51-55-61(66)60(59-65)64-62(67)56-52-48-44-40-36-33-29-26-24-27-30-34-38-42-46-50-54-58-69-63(68)57-53-49-45-41-37-31-16-14-12-10-8-6-4-2/h14,16,51,55,60-61,65-66H,3-13,15,17-50,52-54,56-59H2,1-2H3,(H,64,67)/b16-14-,55-51+. The van der Waals surface area contributed by atoms with E-state index in [1.54, 1.807) is 6.08 Å². The number of aliphatic hydroxyl groups is 2. The topological polar surface area (TPSA) is 95.9 Å². The minimum absolute atomic E-state index is 0.00423. The van der Waals surface area contributed by atoms with Crippen LogP contribution in [-0.2, 0) is 14.3 Å². The Morgan fingerprint density at radius 3 is 1.04 bits per heavy atom. The molecule has 1 amide bonds. The van der Waals surface area contributed by atoms with Gasteiger partial charge in [0.2, 0.25) is 5.91 Å². The highest BCUT2D eigenvalue weighted by Gasteiger charge is 2.18. The van der Waals surface area contributed by atoms with Gasteiger partial charge in [0.1, 0.15) is 0 Å². The van der Waals surface area contributed by atoms with Gasteiger partial charge in [-0.05, 0) is 57.8 Å². The number of unbranched alkanes of at least 4 members (excludes halogenated alkanes) is 45. The molecule has 0 aliphatic rings. The second-order valence-electron chi connectivity index (χ2n) is 21.4. The number of aliphatic hydroxyl groups excluding tert-OH is 2. The Bertz CT molecular complexity index is 1080. The molecule has 0 fully saturated rings. The van der Waals surface area contributed by atoms with Crippen LogP contribution in [0.15, 0.2) is 24.3 Å². The lowest BCUT2D eigenvalue weighted by molar-refractivity contribution is -0.143. The summed E-state index contributed by atoms with van der Waals surface area (Å²) < 4.78 is 5.47. The SMILES string of the molecule is CCCCCC/C=C\CCCCCCCC(=O)OCCCCCCCCCCCCCCCCCCCC(=O)NC(CO)C(O)/C=C/CCCCCCCCCCCCCCCCCCCCCC. The van der Waals surface area contributed by atoms with Crippen LogP contribution in [0.2, 0.25) is 0 Å². The van der Waals surface area contributed by atoms with Crippen molar-refractivity contribution in [2.24, 2.45) is 0 Å². The first-order valence-electron chi connectivity index (χ1n) is 31.1. The van der Waals surface area contributed by atoms with E-state index >= 15 is 0 Å². The highest BCUT2D eigenvalue weighted by molar-refractivity contribution is 5.76. The molecule has 0 rings (SSSR count). The summed E-state index contributed by atoms with van der Waals surface area (Å²) in [5, 5.41) is 23.2. The van der Waals surface area contributed by atoms with Crippen molar-refractivity contribution in [3.63, 3.8) is 0 Å². The van der Waals surface area contributed by atoms with E-state index < -0.39 is 12.1 Å². The predicted octanol–water partition coefficient (Wildman–Crippen LogP) is 19.4. The fourth-order valence-corrected chi connectivity index (χ4v) is 9.69. The van der Waals surface area contributed by atoms with Gasteiger partial charge in [0.25, 0.3) is 0 Å². The molecule has 0 aromatic carbocycles. The largest absolute Gasteiger partial charge is 0.466 e. The fraction of sp³-hybridized carbons (Fsp3) is 0.905. The van der Waals surface area contributed by atoms with E-state index in [1.807, 2.05) is 6.08 Å². The van der Waals surface area contributed by atoms with Crippen LogP contribution >= 0.6 is 0 Å². The summed E-state index contributed by atoms with van der Waals surface area (Å²) in [4.78, 5) is 24.5. The second kappa shape index (κ2) is 58.9. The molecule has 0 aliphatic heterocycles. The molecule has 0 heterocycles. The third-order valence-electron chi connectivity index (χ3n) is 14.5. The van der Waals surface area contributed by atoms with Crippen LogP contribution in [0.3, 0.4) is 0 Å².